The molecule has 0 spiro atoms. The van der Waals surface area contributed by atoms with Crippen LogP contribution in [0.25, 0.3) is 0 Å². The number of nitrogens with one attached hydrogen (secondary N) is 1. The maximum absolute atomic E-state index is 11.6. The number of carbonyl (C=O) groups excluding carboxylic acids is 1. The van der Waals surface area contributed by atoms with Gasteiger partial charge in [-0.25, -0.2) is 0 Å². The van der Waals surface area contributed by atoms with E-state index in [0.717, 1.165) is 44.1 Å². The first-order valence-electron chi connectivity index (χ1n) is 6.91. The maximum Gasteiger partial charge on any atom is 0.132 e. The Bertz CT molecular complexity index is 195. The molecule has 1 aliphatic heterocycles. The van der Waals surface area contributed by atoms with Gasteiger partial charge in [-0.3, -0.25) is 4.79 Å². The predicted octanol–water partition coefficient (Wildman–Crippen LogP) is 3.16. The van der Waals surface area contributed by atoms with Gasteiger partial charge in [-0.05, 0) is 50.6 Å². The fourth-order valence-electron chi connectivity index (χ4n) is 2.37. The minimum Gasteiger partial charge on any atom is -0.316 e. The summed E-state index contributed by atoms with van der Waals surface area (Å²) in [6.07, 6.45) is 7.59. The summed E-state index contributed by atoms with van der Waals surface area (Å²) < 4.78 is 0. The molecule has 1 unspecified atom stereocenters. The summed E-state index contributed by atoms with van der Waals surface area (Å²) >= 11 is 0. The third-order valence-corrected chi connectivity index (χ3v) is 3.47. The third kappa shape index (κ3) is 6.26. The molecule has 1 heterocycles. The van der Waals surface area contributed by atoms with E-state index in [4.69, 9.17) is 0 Å². The molecule has 0 saturated carbocycles. The fraction of sp³-hybridized carbons (Fsp3) is 0.929. The molecule has 1 atom stereocenters. The van der Waals surface area contributed by atoms with Crippen molar-refractivity contribution in [1.82, 2.24) is 5.32 Å². The summed E-state index contributed by atoms with van der Waals surface area (Å²) in [7, 11) is 0. The summed E-state index contributed by atoms with van der Waals surface area (Å²) in [5.41, 5.74) is 0. The van der Waals surface area contributed by atoms with E-state index in [1.807, 2.05) is 0 Å². The average Bonchev–Trinajstić information content (AvgIpc) is 2.27. The molecule has 16 heavy (non-hydrogen) atoms. The first-order chi connectivity index (χ1) is 7.68. The lowest BCUT2D eigenvalue weighted by atomic mass is 9.92. The van der Waals surface area contributed by atoms with Crippen LogP contribution in [-0.4, -0.2) is 18.9 Å². The van der Waals surface area contributed by atoms with E-state index in [9.17, 15) is 4.79 Å². The normalized spacial score (nSPS) is 21.3. The smallest absolute Gasteiger partial charge is 0.132 e. The molecule has 2 nitrogen and oxygen atoms in total. The largest absolute Gasteiger partial charge is 0.316 e. The van der Waals surface area contributed by atoms with Crippen molar-refractivity contribution >= 4 is 5.78 Å². The second-order valence-electron chi connectivity index (χ2n) is 5.58. The molecular formula is C14H27NO. The minimum atomic E-state index is 0.478. The quantitative estimate of drug-likeness (QED) is 0.721. The van der Waals surface area contributed by atoms with Crippen LogP contribution >= 0.6 is 0 Å². The fourth-order valence-corrected chi connectivity index (χ4v) is 2.37. The van der Waals surface area contributed by atoms with Gasteiger partial charge in [0.1, 0.15) is 5.78 Å². The summed E-state index contributed by atoms with van der Waals surface area (Å²) in [6.45, 7) is 6.73. The Hall–Kier alpha value is -0.370. The van der Waals surface area contributed by atoms with Crippen molar-refractivity contribution in [2.24, 2.45) is 11.8 Å². The SMILES string of the molecule is CC(C)CCCC(=O)CCC1CCCNC1. The van der Waals surface area contributed by atoms with Gasteiger partial charge in [0.05, 0.1) is 0 Å². The standard InChI is InChI=1S/C14H27NO/c1-12(2)5-3-7-14(16)9-8-13-6-4-10-15-11-13/h12-13,15H,3-11H2,1-2H3. The van der Waals surface area contributed by atoms with Crippen molar-refractivity contribution in [3.63, 3.8) is 0 Å². The topological polar surface area (TPSA) is 29.1 Å². The van der Waals surface area contributed by atoms with Crippen LogP contribution in [-0.2, 0) is 4.79 Å². The van der Waals surface area contributed by atoms with Gasteiger partial charge in [-0.1, -0.05) is 20.3 Å². The zero-order valence-electron chi connectivity index (χ0n) is 10.9. The lowest BCUT2D eigenvalue weighted by Gasteiger charge is -2.22. The van der Waals surface area contributed by atoms with E-state index in [0.29, 0.717) is 5.78 Å². The Kier molecular flexibility index (Phi) is 6.70. The highest BCUT2D eigenvalue weighted by atomic mass is 16.1. The Morgan fingerprint density at radius 3 is 2.81 bits per heavy atom. The number of ketones is 1. The Labute approximate surface area is 100 Å². The number of Topliss-reactive ketones (excluding diaryl/α,β-unsaturated/α-hetero) is 1. The molecule has 1 fully saturated rings. The Morgan fingerprint density at radius 2 is 2.19 bits per heavy atom. The zero-order chi connectivity index (χ0) is 11.8. The molecule has 0 aromatic carbocycles. The third-order valence-electron chi connectivity index (χ3n) is 3.47. The molecule has 0 bridgehead atoms. The molecule has 1 aliphatic rings. The molecule has 1 N–H and O–H groups in total. The molecule has 1 saturated heterocycles. The summed E-state index contributed by atoms with van der Waals surface area (Å²) in [5, 5.41) is 3.41. The molecule has 0 amide bonds. The highest BCUT2D eigenvalue weighted by Gasteiger charge is 2.14. The maximum atomic E-state index is 11.6. The number of hydrogen-bond donors (Lipinski definition) is 1. The van der Waals surface area contributed by atoms with Crippen LogP contribution in [0, 0.1) is 11.8 Å². The first-order valence-corrected chi connectivity index (χ1v) is 6.91. The molecular weight excluding hydrogens is 198 g/mol. The lowest BCUT2D eigenvalue weighted by molar-refractivity contribution is -0.119. The highest BCUT2D eigenvalue weighted by molar-refractivity contribution is 5.78. The molecule has 0 aromatic heterocycles. The van der Waals surface area contributed by atoms with E-state index in [1.165, 1.54) is 25.8 Å². The number of hydrogen-bond acceptors (Lipinski definition) is 2. The predicted molar refractivity (Wildman–Crippen MR) is 68.5 cm³/mol. The molecule has 94 valence electrons. The van der Waals surface area contributed by atoms with Crippen LogP contribution in [0.5, 0.6) is 0 Å². The van der Waals surface area contributed by atoms with Gasteiger partial charge in [0, 0.05) is 12.8 Å². The van der Waals surface area contributed by atoms with Crippen molar-refractivity contribution in [3.8, 4) is 0 Å². The van der Waals surface area contributed by atoms with Crippen LogP contribution in [0.1, 0.15) is 58.8 Å². The lowest BCUT2D eigenvalue weighted by Crippen LogP contribution is -2.29. The van der Waals surface area contributed by atoms with Gasteiger partial charge in [-0.2, -0.15) is 0 Å². The van der Waals surface area contributed by atoms with E-state index < -0.39 is 0 Å². The zero-order valence-corrected chi connectivity index (χ0v) is 10.9. The van der Waals surface area contributed by atoms with E-state index >= 15 is 0 Å². The van der Waals surface area contributed by atoms with Gasteiger partial charge in [0.2, 0.25) is 0 Å². The van der Waals surface area contributed by atoms with Crippen molar-refractivity contribution in [1.29, 1.82) is 0 Å². The van der Waals surface area contributed by atoms with E-state index in [1.54, 1.807) is 0 Å². The first kappa shape index (κ1) is 13.7. The second-order valence-corrected chi connectivity index (χ2v) is 5.58. The minimum absolute atomic E-state index is 0.478. The number of rotatable bonds is 7. The Balaban J connectivity index is 2.00. The van der Waals surface area contributed by atoms with Gasteiger partial charge < -0.3 is 5.32 Å². The molecule has 0 radical (unpaired) electrons. The van der Waals surface area contributed by atoms with Crippen LogP contribution in [0.3, 0.4) is 0 Å². The van der Waals surface area contributed by atoms with Crippen molar-refractivity contribution in [2.45, 2.75) is 58.8 Å². The molecule has 0 aromatic rings. The van der Waals surface area contributed by atoms with Gasteiger partial charge in [-0.15, -0.1) is 0 Å². The number of piperidine rings is 1. The van der Waals surface area contributed by atoms with Gasteiger partial charge >= 0.3 is 0 Å². The summed E-state index contributed by atoms with van der Waals surface area (Å²) in [6, 6.07) is 0. The molecule has 0 aliphatic carbocycles. The highest BCUT2D eigenvalue weighted by Crippen LogP contribution is 2.17. The van der Waals surface area contributed by atoms with E-state index in [-0.39, 0.29) is 0 Å². The monoisotopic (exact) mass is 225 g/mol. The summed E-state index contributed by atoms with van der Waals surface area (Å²) in [5.74, 6) is 1.96. The number of carbonyl (C=O) groups is 1. The average molecular weight is 225 g/mol. The van der Waals surface area contributed by atoms with Crippen LogP contribution in [0.4, 0.5) is 0 Å². The van der Waals surface area contributed by atoms with Gasteiger partial charge in [0.25, 0.3) is 0 Å². The van der Waals surface area contributed by atoms with Crippen LogP contribution in [0.15, 0.2) is 0 Å². The van der Waals surface area contributed by atoms with Crippen LogP contribution in [0.2, 0.25) is 0 Å². The van der Waals surface area contributed by atoms with Crippen molar-refractivity contribution in [3.05, 3.63) is 0 Å². The second kappa shape index (κ2) is 7.83. The van der Waals surface area contributed by atoms with Crippen molar-refractivity contribution < 1.29 is 4.79 Å². The summed E-state index contributed by atoms with van der Waals surface area (Å²) in [4.78, 5) is 11.6. The Morgan fingerprint density at radius 1 is 1.38 bits per heavy atom. The molecule has 1 rings (SSSR count). The van der Waals surface area contributed by atoms with Gasteiger partial charge in [0.15, 0.2) is 0 Å². The van der Waals surface area contributed by atoms with E-state index in [2.05, 4.69) is 19.2 Å². The van der Waals surface area contributed by atoms with Crippen molar-refractivity contribution in [2.75, 3.05) is 13.1 Å². The molecule has 2 heteroatoms. The van der Waals surface area contributed by atoms with Crippen LogP contribution < -0.4 is 5.32 Å².